The van der Waals surface area contributed by atoms with E-state index in [1.54, 1.807) is 0 Å². The molecule has 0 saturated heterocycles. The lowest BCUT2D eigenvalue weighted by molar-refractivity contribution is 0.811. The minimum Gasteiger partial charge on any atom is -0.372 e. The zero-order chi connectivity index (χ0) is 22.0. The minimum absolute atomic E-state index is 0.259. The molecule has 0 radical (unpaired) electrons. The molecule has 0 unspecified atom stereocenters. The summed E-state index contributed by atoms with van der Waals surface area (Å²) in [6.07, 6.45) is 2.16. The van der Waals surface area contributed by atoms with Gasteiger partial charge < -0.3 is 4.90 Å². The van der Waals surface area contributed by atoms with Gasteiger partial charge in [-0.1, -0.05) is 53.3 Å². The molecular weight excluding hydrogens is 408 g/mol. The van der Waals surface area contributed by atoms with Gasteiger partial charge in [0.2, 0.25) is 4.96 Å². The molecule has 4 rings (SSSR count). The molecule has 4 aromatic rings. The van der Waals surface area contributed by atoms with E-state index in [1.165, 1.54) is 15.9 Å². The summed E-state index contributed by atoms with van der Waals surface area (Å²) in [5.74, 6) is 0. The number of hydrogen-bond acceptors (Lipinski definition) is 6. The topological polar surface area (TPSA) is 67.6 Å². The summed E-state index contributed by atoms with van der Waals surface area (Å²) in [6.45, 7) is 8.14. The van der Waals surface area contributed by atoms with Crippen molar-refractivity contribution in [3.63, 3.8) is 0 Å². The first-order chi connectivity index (χ1) is 15.0. The zero-order valence-electron chi connectivity index (χ0n) is 17.8. The first kappa shape index (κ1) is 20.9. The van der Waals surface area contributed by atoms with Crippen molar-refractivity contribution in [2.45, 2.75) is 27.2 Å². The van der Waals surface area contributed by atoms with Crippen molar-refractivity contribution in [1.82, 2.24) is 14.6 Å². The summed E-state index contributed by atoms with van der Waals surface area (Å²) in [5, 5.41) is 4.33. The summed E-state index contributed by atoms with van der Waals surface area (Å²) in [4.78, 5) is 32.0. The van der Waals surface area contributed by atoms with E-state index in [4.69, 9.17) is 0 Å². The number of aryl methyl sites for hydroxylation is 1. The second-order valence-corrected chi connectivity index (χ2v) is 8.41. The van der Waals surface area contributed by atoms with Crippen LogP contribution in [0.15, 0.2) is 58.1 Å². The number of aromatic nitrogens is 3. The molecule has 0 aliphatic rings. The van der Waals surface area contributed by atoms with Crippen molar-refractivity contribution in [2.24, 2.45) is 0 Å². The molecule has 7 heteroatoms. The highest BCUT2D eigenvalue weighted by atomic mass is 32.1. The highest BCUT2D eigenvalue weighted by molar-refractivity contribution is 7.15. The van der Waals surface area contributed by atoms with Crippen molar-refractivity contribution in [2.75, 3.05) is 18.0 Å². The molecule has 2 heterocycles. The molecule has 0 N–H and O–H groups in total. The van der Waals surface area contributed by atoms with Crippen LogP contribution in [0.2, 0.25) is 0 Å². The third-order valence-electron chi connectivity index (χ3n) is 5.26. The summed E-state index contributed by atoms with van der Waals surface area (Å²) in [7, 11) is 0. The van der Waals surface area contributed by atoms with E-state index in [-0.39, 0.29) is 11.3 Å². The maximum absolute atomic E-state index is 12.9. The van der Waals surface area contributed by atoms with Gasteiger partial charge in [-0.2, -0.15) is 14.6 Å². The van der Waals surface area contributed by atoms with Gasteiger partial charge in [0.1, 0.15) is 5.69 Å². The molecule has 0 fully saturated rings. The third kappa shape index (κ3) is 4.41. The highest BCUT2D eigenvalue weighted by Gasteiger charge is 2.12. The fourth-order valence-corrected chi connectivity index (χ4v) is 4.38. The molecule has 0 amide bonds. The Morgan fingerprint density at radius 1 is 1.00 bits per heavy atom. The molecule has 0 bridgehead atoms. The fourth-order valence-electron chi connectivity index (χ4n) is 3.47. The quantitative estimate of drug-likeness (QED) is 0.469. The van der Waals surface area contributed by atoms with E-state index >= 15 is 0 Å². The first-order valence-electron chi connectivity index (χ1n) is 10.3. The van der Waals surface area contributed by atoms with E-state index in [0.717, 1.165) is 35.5 Å². The molecule has 0 saturated carbocycles. The van der Waals surface area contributed by atoms with Crippen LogP contribution in [0, 0.1) is 6.92 Å². The fraction of sp³-hybridized carbons (Fsp3) is 0.250. The largest absolute Gasteiger partial charge is 0.372 e. The Hall–Kier alpha value is -3.32. The van der Waals surface area contributed by atoms with Crippen LogP contribution in [0.5, 0.6) is 0 Å². The number of fused-ring (bicyclic) bond motifs is 1. The Morgan fingerprint density at radius 2 is 1.68 bits per heavy atom. The number of benzene rings is 2. The number of thiazole rings is 1. The average molecular weight is 433 g/mol. The van der Waals surface area contributed by atoms with E-state index in [1.807, 2.05) is 49.4 Å². The van der Waals surface area contributed by atoms with Crippen LogP contribution < -0.4 is 20.6 Å². The monoisotopic (exact) mass is 432 g/mol. The van der Waals surface area contributed by atoms with Gasteiger partial charge in [-0.25, -0.2) is 0 Å². The van der Waals surface area contributed by atoms with Crippen molar-refractivity contribution < 1.29 is 0 Å². The first-order valence-corrected chi connectivity index (χ1v) is 11.1. The second-order valence-electron chi connectivity index (χ2n) is 7.40. The van der Waals surface area contributed by atoms with Gasteiger partial charge in [0, 0.05) is 25.2 Å². The van der Waals surface area contributed by atoms with Gasteiger partial charge >= 0.3 is 0 Å². The Morgan fingerprint density at radius 3 is 2.32 bits per heavy atom. The second kappa shape index (κ2) is 8.81. The van der Waals surface area contributed by atoms with Crippen LogP contribution in [0.3, 0.4) is 0 Å². The van der Waals surface area contributed by atoms with Gasteiger partial charge in [-0.05, 0) is 50.1 Å². The molecule has 158 valence electrons. The maximum atomic E-state index is 12.9. The molecule has 0 aliphatic heterocycles. The maximum Gasteiger partial charge on any atom is 0.296 e. The highest BCUT2D eigenvalue weighted by Crippen LogP contribution is 2.15. The number of hydrogen-bond donors (Lipinski definition) is 0. The normalized spacial score (nSPS) is 11.9. The molecule has 2 aromatic carbocycles. The minimum atomic E-state index is -0.392. The lowest BCUT2D eigenvalue weighted by atomic mass is 10.1. The standard InChI is InChI=1S/C24H24N4O2S/c1-4-27(5-2)19-12-10-18(11-13-19)15-21-23(30)28-24(31-21)25-22(29)20(26-28)14-17-8-6-16(3)7-9-17/h6-13,15H,4-5,14H2,1-3H3. The van der Waals surface area contributed by atoms with Crippen molar-refractivity contribution in [3.8, 4) is 0 Å². The van der Waals surface area contributed by atoms with Crippen LogP contribution in [0.4, 0.5) is 5.69 Å². The van der Waals surface area contributed by atoms with Gasteiger partial charge in [0.25, 0.3) is 11.1 Å². The van der Waals surface area contributed by atoms with E-state index in [0.29, 0.717) is 15.9 Å². The predicted molar refractivity (Wildman–Crippen MR) is 126 cm³/mol. The predicted octanol–water partition coefficient (Wildman–Crippen LogP) is 2.80. The van der Waals surface area contributed by atoms with E-state index in [2.05, 4.69) is 41.0 Å². The van der Waals surface area contributed by atoms with Gasteiger partial charge in [0.05, 0.1) is 4.53 Å². The van der Waals surface area contributed by atoms with Crippen LogP contribution in [-0.4, -0.2) is 27.7 Å². The van der Waals surface area contributed by atoms with Crippen molar-refractivity contribution >= 4 is 28.1 Å². The van der Waals surface area contributed by atoms with Gasteiger partial charge in [-0.3, -0.25) is 9.59 Å². The van der Waals surface area contributed by atoms with Gasteiger partial charge in [-0.15, -0.1) is 0 Å². The zero-order valence-corrected chi connectivity index (χ0v) is 18.6. The van der Waals surface area contributed by atoms with Crippen LogP contribution in [-0.2, 0) is 6.42 Å². The Kier molecular flexibility index (Phi) is 5.95. The van der Waals surface area contributed by atoms with Crippen molar-refractivity contribution in [3.05, 3.63) is 96.2 Å². The molecule has 0 atom stereocenters. The Labute approximate surface area is 184 Å². The molecule has 6 nitrogen and oxygen atoms in total. The van der Waals surface area contributed by atoms with Crippen LogP contribution >= 0.6 is 11.3 Å². The van der Waals surface area contributed by atoms with Crippen molar-refractivity contribution in [1.29, 1.82) is 0 Å². The summed E-state index contributed by atoms with van der Waals surface area (Å²) < 4.78 is 1.74. The number of nitrogens with zero attached hydrogens (tertiary/aromatic N) is 4. The molecular formula is C24H24N4O2S. The Bertz CT molecular complexity index is 1370. The molecule has 0 spiro atoms. The third-order valence-corrected chi connectivity index (χ3v) is 6.22. The van der Waals surface area contributed by atoms with E-state index < -0.39 is 5.56 Å². The van der Waals surface area contributed by atoms with Crippen LogP contribution in [0.1, 0.15) is 36.2 Å². The van der Waals surface area contributed by atoms with Gasteiger partial charge in [0.15, 0.2) is 0 Å². The number of anilines is 1. The lowest BCUT2D eigenvalue weighted by Gasteiger charge is -2.20. The molecule has 31 heavy (non-hydrogen) atoms. The summed E-state index contributed by atoms with van der Waals surface area (Å²) >= 11 is 1.18. The SMILES string of the molecule is CCN(CC)c1ccc(C=c2sc3nc(=O)c(Cc4ccc(C)cc4)nn3c2=O)cc1. The average Bonchev–Trinajstić information content (AvgIpc) is 3.06. The van der Waals surface area contributed by atoms with Crippen LogP contribution in [0.25, 0.3) is 11.0 Å². The smallest absolute Gasteiger partial charge is 0.296 e. The summed E-state index contributed by atoms with van der Waals surface area (Å²) in [6, 6.07) is 16.0. The van der Waals surface area contributed by atoms with E-state index in [9.17, 15) is 9.59 Å². The number of rotatable bonds is 6. The molecule has 2 aromatic heterocycles. The molecule has 0 aliphatic carbocycles. The summed E-state index contributed by atoms with van der Waals surface area (Å²) in [5.41, 5.74) is 3.79. The Balaban J connectivity index is 1.70. The lowest BCUT2D eigenvalue weighted by Crippen LogP contribution is -2.28.